The molecular weight excluding hydrogens is 216 g/mol. The number of esters is 1. The molecule has 0 unspecified atom stereocenters. The standard InChI is InChI=1S/C11H11ClO3/c1-7-5-8(3-4-10(13)15-2)6-9(12)11(7)14/h3-6,14H,1-2H3. The van der Waals surface area contributed by atoms with Crippen molar-refractivity contribution in [1.82, 2.24) is 0 Å². The Morgan fingerprint density at radius 1 is 1.53 bits per heavy atom. The van der Waals surface area contributed by atoms with Crippen molar-refractivity contribution in [2.75, 3.05) is 7.11 Å². The topological polar surface area (TPSA) is 46.5 Å². The lowest BCUT2D eigenvalue weighted by atomic mass is 10.1. The smallest absolute Gasteiger partial charge is 0.330 e. The summed E-state index contributed by atoms with van der Waals surface area (Å²) < 4.78 is 4.45. The van der Waals surface area contributed by atoms with Gasteiger partial charge in [0.1, 0.15) is 5.75 Å². The van der Waals surface area contributed by atoms with Crippen LogP contribution in [-0.2, 0) is 9.53 Å². The maximum Gasteiger partial charge on any atom is 0.330 e. The molecule has 1 aromatic rings. The lowest BCUT2D eigenvalue weighted by Crippen LogP contribution is -1.93. The average molecular weight is 227 g/mol. The zero-order valence-electron chi connectivity index (χ0n) is 8.45. The fraction of sp³-hybridized carbons (Fsp3) is 0.182. The van der Waals surface area contributed by atoms with Crippen LogP contribution in [0.15, 0.2) is 18.2 Å². The van der Waals surface area contributed by atoms with Gasteiger partial charge in [0.15, 0.2) is 0 Å². The second-order valence-corrected chi connectivity index (χ2v) is 3.43. The van der Waals surface area contributed by atoms with Gasteiger partial charge in [0.05, 0.1) is 12.1 Å². The second-order valence-electron chi connectivity index (χ2n) is 3.02. The quantitative estimate of drug-likeness (QED) is 0.623. The van der Waals surface area contributed by atoms with E-state index in [0.717, 1.165) is 5.56 Å². The third kappa shape index (κ3) is 2.99. The van der Waals surface area contributed by atoms with E-state index in [4.69, 9.17) is 11.6 Å². The molecule has 1 aromatic carbocycles. The van der Waals surface area contributed by atoms with Gasteiger partial charge in [0.2, 0.25) is 0 Å². The fourth-order valence-corrected chi connectivity index (χ4v) is 1.37. The summed E-state index contributed by atoms with van der Waals surface area (Å²) in [6, 6.07) is 3.30. The summed E-state index contributed by atoms with van der Waals surface area (Å²) in [5.41, 5.74) is 1.40. The molecule has 0 amide bonds. The van der Waals surface area contributed by atoms with Gasteiger partial charge in [-0.05, 0) is 36.3 Å². The zero-order chi connectivity index (χ0) is 11.4. The first-order chi connectivity index (χ1) is 7.04. The summed E-state index contributed by atoms with van der Waals surface area (Å²) in [5.74, 6) is -0.372. The summed E-state index contributed by atoms with van der Waals surface area (Å²) in [6.07, 6.45) is 2.87. The largest absolute Gasteiger partial charge is 0.506 e. The highest BCUT2D eigenvalue weighted by Gasteiger charge is 2.03. The SMILES string of the molecule is COC(=O)C=Cc1cc(C)c(O)c(Cl)c1. The molecule has 1 N–H and O–H groups in total. The van der Waals surface area contributed by atoms with Crippen molar-refractivity contribution in [3.8, 4) is 5.75 Å². The van der Waals surface area contributed by atoms with Crippen molar-refractivity contribution >= 4 is 23.6 Å². The Kier molecular flexibility index (Phi) is 3.74. The number of methoxy groups -OCH3 is 1. The number of aromatic hydroxyl groups is 1. The molecule has 0 saturated heterocycles. The van der Waals surface area contributed by atoms with Crippen molar-refractivity contribution in [3.05, 3.63) is 34.4 Å². The Labute approximate surface area is 92.9 Å². The van der Waals surface area contributed by atoms with Gasteiger partial charge in [-0.3, -0.25) is 0 Å². The number of ether oxygens (including phenoxy) is 1. The fourth-order valence-electron chi connectivity index (χ4n) is 1.09. The lowest BCUT2D eigenvalue weighted by Gasteiger charge is -2.02. The summed E-state index contributed by atoms with van der Waals surface area (Å²) in [4.78, 5) is 10.8. The predicted octanol–water partition coefficient (Wildman–Crippen LogP) is 2.54. The Bertz CT molecular complexity index is 387. The molecule has 0 aliphatic rings. The molecule has 0 radical (unpaired) electrons. The first kappa shape index (κ1) is 11.6. The van der Waals surface area contributed by atoms with E-state index in [1.54, 1.807) is 25.1 Å². The van der Waals surface area contributed by atoms with Crippen LogP contribution >= 0.6 is 11.6 Å². The van der Waals surface area contributed by atoms with Gasteiger partial charge in [-0.15, -0.1) is 0 Å². The van der Waals surface area contributed by atoms with Crippen LogP contribution in [0, 0.1) is 6.92 Å². The van der Waals surface area contributed by atoms with E-state index in [2.05, 4.69) is 4.74 Å². The maximum absolute atomic E-state index is 10.8. The number of rotatable bonds is 2. The highest BCUT2D eigenvalue weighted by atomic mass is 35.5. The van der Waals surface area contributed by atoms with E-state index in [-0.39, 0.29) is 10.8 Å². The molecule has 0 heterocycles. The molecule has 15 heavy (non-hydrogen) atoms. The number of halogens is 1. The maximum atomic E-state index is 10.8. The van der Waals surface area contributed by atoms with Crippen molar-refractivity contribution in [2.45, 2.75) is 6.92 Å². The van der Waals surface area contributed by atoms with Crippen LogP contribution in [0.1, 0.15) is 11.1 Å². The average Bonchev–Trinajstić information content (AvgIpc) is 2.22. The molecule has 0 spiro atoms. The summed E-state index contributed by atoms with van der Waals surface area (Å²) >= 11 is 5.77. The first-order valence-corrected chi connectivity index (χ1v) is 4.67. The van der Waals surface area contributed by atoms with E-state index in [9.17, 15) is 9.90 Å². The molecule has 1 rings (SSSR count). The molecule has 3 nitrogen and oxygen atoms in total. The Morgan fingerprint density at radius 2 is 2.20 bits per heavy atom. The predicted molar refractivity (Wildman–Crippen MR) is 58.9 cm³/mol. The monoisotopic (exact) mass is 226 g/mol. The number of phenols is 1. The number of carbonyl (C=O) groups is 1. The number of hydrogen-bond donors (Lipinski definition) is 1. The van der Waals surface area contributed by atoms with Crippen LogP contribution in [0.4, 0.5) is 0 Å². The minimum absolute atomic E-state index is 0.0619. The number of hydrogen-bond acceptors (Lipinski definition) is 3. The highest BCUT2D eigenvalue weighted by Crippen LogP contribution is 2.28. The van der Waals surface area contributed by atoms with Gasteiger partial charge in [-0.2, -0.15) is 0 Å². The van der Waals surface area contributed by atoms with Crippen LogP contribution in [0.2, 0.25) is 5.02 Å². The Morgan fingerprint density at radius 3 is 2.73 bits per heavy atom. The molecule has 0 aromatic heterocycles. The molecule has 80 valence electrons. The molecule has 0 bridgehead atoms. The molecule has 0 fully saturated rings. The van der Waals surface area contributed by atoms with Crippen LogP contribution in [0.5, 0.6) is 5.75 Å². The van der Waals surface area contributed by atoms with E-state index in [0.29, 0.717) is 5.56 Å². The van der Waals surface area contributed by atoms with Crippen LogP contribution in [0.3, 0.4) is 0 Å². The number of phenolic OH excluding ortho intramolecular Hbond substituents is 1. The summed E-state index contributed by atoms with van der Waals surface area (Å²) in [5, 5.41) is 9.67. The van der Waals surface area contributed by atoms with Gasteiger partial charge in [-0.1, -0.05) is 11.6 Å². The Hall–Kier alpha value is -1.48. The second kappa shape index (κ2) is 4.84. The van der Waals surface area contributed by atoms with Crippen molar-refractivity contribution < 1.29 is 14.6 Å². The number of carbonyl (C=O) groups excluding carboxylic acids is 1. The zero-order valence-corrected chi connectivity index (χ0v) is 9.21. The molecule has 4 heteroatoms. The third-order valence-electron chi connectivity index (χ3n) is 1.89. The third-order valence-corrected chi connectivity index (χ3v) is 2.18. The molecule has 0 saturated carbocycles. The normalized spacial score (nSPS) is 10.6. The van der Waals surface area contributed by atoms with Gasteiger partial charge < -0.3 is 9.84 Å². The molecular formula is C11H11ClO3. The van der Waals surface area contributed by atoms with Crippen LogP contribution in [0.25, 0.3) is 6.08 Å². The Balaban J connectivity index is 2.97. The first-order valence-electron chi connectivity index (χ1n) is 4.29. The van der Waals surface area contributed by atoms with Gasteiger partial charge in [-0.25, -0.2) is 4.79 Å². The van der Waals surface area contributed by atoms with Gasteiger partial charge in [0.25, 0.3) is 0 Å². The number of benzene rings is 1. The summed E-state index contributed by atoms with van der Waals surface area (Å²) in [6.45, 7) is 1.73. The van der Waals surface area contributed by atoms with Crippen molar-refractivity contribution in [2.24, 2.45) is 0 Å². The van der Waals surface area contributed by atoms with Gasteiger partial charge >= 0.3 is 5.97 Å². The van der Waals surface area contributed by atoms with E-state index < -0.39 is 5.97 Å². The molecule has 0 aliphatic heterocycles. The minimum atomic E-state index is -0.433. The highest BCUT2D eigenvalue weighted by molar-refractivity contribution is 6.32. The van der Waals surface area contributed by atoms with E-state index in [1.807, 2.05) is 0 Å². The molecule has 0 aliphatic carbocycles. The number of aryl methyl sites for hydroxylation is 1. The van der Waals surface area contributed by atoms with Gasteiger partial charge in [0, 0.05) is 6.08 Å². The van der Waals surface area contributed by atoms with E-state index >= 15 is 0 Å². The lowest BCUT2D eigenvalue weighted by molar-refractivity contribution is -0.134. The van der Waals surface area contributed by atoms with E-state index in [1.165, 1.54) is 13.2 Å². The van der Waals surface area contributed by atoms with Crippen molar-refractivity contribution in [1.29, 1.82) is 0 Å². The van der Waals surface area contributed by atoms with Crippen molar-refractivity contribution in [3.63, 3.8) is 0 Å². The van der Waals surface area contributed by atoms with Crippen LogP contribution < -0.4 is 0 Å². The minimum Gasteiger partial charge on any atom is -0.506 e. The summed E-state index contributed by atoms with van der Waals surface area (Å²) in [7, 11) is 1.31. The van der Waals surface area contributed by atoms with Crippen LogP contribution in [-0.4, -0.2) is 18.2 Å². The molecule has 0 atom stereocenters.